The van der Waals surface area contributed by atoms with E-state index in [1.165, 1.54) is 13.0 Å². The number of piperidine rings is 1. The lowest BCUT2D eigenvalue weighted by atomic mass is 10.0. The molecule has 0 aromatic heterocycles. The van der Waals surface area contributed by atoms with E-state index in [1.54, 1.807) is 4.31 Å². The number of nitrogens with zero attached hydrogens (tertiary/aromatic N) is 1. The van der Waals surface area contributed by atoms with Crippen LogP contribution < -0.4 is 5.73 Å². The van der Waals surface area contributed by atoms with Crippen molar-refractivity contribution in [2.24, 2.45) is 0 Å². The van der Waals surface area contributed by atoms with Gasteiger partial charge in [0.25, 0.3) is 0 Å². The van der Waals surface area contributed by atoms with Crippen molar-refractivity contribution in [3.63, 3.8) is 0 Å². The summed E-state index contributed by atoms with van der Waals surface area (Å²) in [6, 6.07) is 2.54. The Morgan fingerprint density at radius 2 is 2.10 bits per heavy atom. The molecule has 1 fully saturated rings. The van der Waals surface area contributed by atoms with Gasteiger partial charge in [-0.1, -0.05) is 19.8 Å². The molecule has 1 heterocycles. The second kappa shape index (κ2) is 6.32. The van der Waals surface area contributed by atoms with Crippen LogP contribution in [-0.4, -0.2) is 25.3 Å². The Kier molecular flexibility index (Phi) is 4.88. The number of halogens is 1. The van der Waals surface area contributed by atoms with Crippen molar-refractivity contribution in [1.82, 2.24) is 4.31 Å². The van der Waals surface area contributed by atoms with E-state index < -0.39 is 15.8 Å². The lowest BCUT2D eigenvalue weighted by Gasteiger charge is -2.35. The molecular weight excluding hydrogens is 291 g/mol. The molecule has 2 N–H and O–H groups in total. The molecule has 1 aliphatic rings. The van der Waals surface area contributed by atoms with Crippen LogP contribution in [0.3, 0.4) is 0 Å². The minimum absolute atomic E-state index is 0.00278. The molecule has 1 aromatic carbocycles. The van der Waals surface area contributed by atoms with E-state index in [4.69, 9.17) is 5.73 Å². The summed E-state index contributed by atoms with van der Waals surface area (Å²) in [6.07, 6.45) is 4.53. The average molecular weight is 314 g/mol. The molecule has 1 atom stereocenters. The van der Waals surface area contributed by atoms with E-state index in [0.29, 0.717) is 6.54 Å². The first-order valence-electron chi connectivity index (χ1n) is 7.45. The molecule has 0 aliphatic carbocycles. The molecule has 118 valence electrons. The summed E-state index contributed by atoms with van der Waals surface area (Å²) in [6.45, 7) is 4.04. The Labute approximate surface area is 126 Å². The summed E-state index contributed by atoms with van der Waals surface area (Å²) >= 11 is 0. The number of benzene rings is 1. The monoisotopic (exact) mass is 314 g/mol. The number of anilines is 1. The summed E-state index contributed by atoms with van der Waals surface area (Å²) < 4.78 is 41.2. The minimum Gasteiger partial charge on any atom is -0.399 e. The van der Waals surface area contributed by atoms with Gasteiger partial charge in [-0.2, -0.15) is 4.31 Å². The van der Waals surface area contributed by atoms with Crippen LogP contribution in [0.5, 0.6) is 0 Å². The Hall–Kier alpha value is -1.14. The Morgan fingerprint density at radius 3 is 2.76 bits per heavy atom. The molecule has 4 nitrogen and oxygen atoms in total. The summed E-state index contributed by atoms with van der Waals surface area (Å²) in [5.41, 5.74) is 5.91. The molecule has 2 rings (SSSR count). The van der Waals surface area contributed by atoms with Gasteiger partial charge in [0.15, 0.2) is 0 Å². The van der Waals surface area contributed by atoms with E-state index in [-0.39, 0.29) is 22.2 Å². The van der Waals surface area contributed by atoms with Crippen molar-refractivity contribution < 1.29 is 12.8 Å². The number of nitrogens with two attached hydrogens (primary N) is 1. The normalized spacial score (nSPS) is 20.6. The molecular formula is C15H23FN2O2S. The lowest BCUT2D eigenvalue weighted by molar-refractivity contribution is 0.239. The predicted molar refractivity (Wildman–Crippen MR) is 82.0 cm³/mol. The van der Waals surface area contributed by atoms with Gasteiger partial charge in [0.05, 0.1) is 4.90 Å². The summed E-state index contributed by atoms with van der Waals surface area (Å²) in [4.78, 5) is 0.00278. The second-order valence-electron chi connectivity index (χ2n) is 5.68. The van der Waals surface area contributed by atoms with E-state index in [2.05, 4.69) is 0 Å². The van der Waals surface area contributed by atoms with Gasteiger partial charge in [0, 0.05) is 23.8 Å². The van der Waals surface area contributed by atoms with Crippen molar-refractivity contribution in [1.29, 1.82) is 0 Å². The summed E-state index contributed by atoms with van der Waals surface area (Å²) in [5, 5.41) is 0. The molecule has 1 aliphatic heterocycles. The van der Waals surface area contributed by atoms with Crippen LogP contribution in [0.2, 0.25) is 0 Å². The number of rotatable bonds is 4. The van der Waals surface area contributed by atoms with Gasteiger partial charge in [-0.25, -0.2) is 12.8 Å². The second-order valence-corrected chi connectivity index (χ2v) is 7.54. The van der Waals surface area contributed by atoms with Crippen molar-refractivity contribution in [2.45, 2.75) is 56.9 Å². The fraction of sp³-hybridized carbons (Fsp3) is 0.600. The fourth-order valence-electron chi connectivity index (χ4n) is 2.98. The fourth-order valence-corrected chi connectivity index (χ4v) is 4.97. The largest absolute Gasteiger partial charge is 0.399 e. The van der Waals surface area contributed by atoms with Gasteiger partial charge in [-0.05, 0) is 38.3 Å². The molecule has 0 bridgehead atoms. The van der Waals surface area contributed by atoms with Gasteiger partial charge in [0.2, 0.25) is 10.0 Å². The molecule has 0 saturated carbocycles. The van der Waals surface area contributed by atoms with Crippen LogP contribution in [0.15, 0.2) is 17.0 Å². The first-order valence-corrected chi connectivity index (χ1v) is 8.89. The zero-order chi connectivity index (χ0) is 15.6. The zero-order valence-corrected chi connectivity index (χ0v) is 13.4. The van der Waals surface area contributed by atoms with E-state index in [0.717, 1.165) is 38.2 Å². The van der Waals surface area contributed by atoms with Gasteiger partial charge >= 0.3 is 0 Å². The lowest BCUT2D eigenvalue weighted by Crippen LogP contribution is -2.43. The molecule has 1 saturated heterocycles. The molecule has 0 amide bonds. The average Bonchev–Trinajstić information content (AvgIpc) is 2.43. The standard InChI is InChI=1S/C15H23FN2O2S/c1-3-6-13-7-4-5-8-18(13)21(19,20)15-10-12(17)9-14(16)11(15)2/h9-10,13H,3-8,17H2,1-2H3. The quantitative estimate of drug-likeness (QED) is 0.869. The first-order chi connectivity index (χ1) is 9.87. The smallest absolute Gasteiger partial charge is 0.243 e. The Balaban J connectivity index is 2.45. The number of hydrogen-bond donors (Lipinski definition) is 1. The first kappa shape index (κ1) is 16.2. The van der Waals surface area contributed by atoms with E-state index >= 15 is 0 Å². The highest BCUT2D eigenvalue weighted by Gasteiger charge is 2.34. The third-order valence-electron chi connectivity index (χ3n) is 4.10. The van der Waals surface area contributed by atoms with Crippen LogP contribution in [0.25, 0.3) is 0 Å². The van der Waals surface area contributed by atoms with Gasteiger partial charge in [-0.15, -0.1) is 0 Å². The van der Waals surface area contributed by atoms with Crippen LogP contribution in [0.4, 0.5) is 10.1 Å². The highest BCUT2D eigenvalue weighted by Crippen LogP contribution is 2.31. The van der Waals surface area contributed by atoms with Crippen molar-refractivity contribution in [3.05, 3.63) is 23.5 Å². The van der Waals surface area contributed by atoms with Gasteiger partial charge < -0.3 is 5.73 Å². The van der Waals surface area contributed by atoms with Crippen molar-refractivity contribution in [2.75, 3.05) is 12.3 Å². The predicted octanol–water partition coefficient (Wildman–Crippen LogP) is 3.06. The maximum absolute atomic E-state index is 13.8. The van der Waals surface area contributed by atoms with Crippen LogP contribution in [0.1, 0.15) is 44.6 Å². The van der Waals surface area contributed by atoms with Crippen molar-refractivity contribution >= 4 is 15.7 Å². The summed E-state index contributed by atoms with van der Waals surface area (Å²) in [5.74, 6) is -0.572. The SMILES string of the molecule is CCCC1CCCCN1S(=O)(=O)c1cc(N)cc(F)c1C. The van der Waals surface area contributed by atoms with Gasteiger partial charge in [-0.3, -0.25) is 0 Å². The summed E-state index contributed by atoms with van der Waals surface area (Å²) in [7, 11) is -3.70. The topological polar surface area (TPSA) is 63.4 Å². The molecule has 1 unspecified atom stereocenters. The van der Waals surface area contributed by atoms with Crippen molar-refractivity contribution in [3.8, 4) is 0 Å². The van der Waals surface area contributed by atoms with Crippen LogP contribution >= 0.6 is 0 Å². The van der Waals surface area contributed by atoms with E-state index in [1.807, 2.05) is 6.92 Å². The molecule has 1 aromatic rings. The number of sulfonamides is 1. The highest BCUT2D eigenvalue weighted by molar-refractivity contribution is 7.89. The Morgan fingerprint density at radius 1 is 1.38 bits per heavy atom. The maximum Gasteiger partial charge on any atom is 0.243 e. The number of hydrogen-bond acceptors (Lipinski definition) is 3. The maximum atomic E-state index is 13.8. The molecule has 0 radical (unpaired) electrons. The Bertz CT molecular complexity index is 614. The third kappa shape index (κ3) is 3.21. The van der Waals surface area contributed by atoms with Crippen LogP contribution in [0, 0.1) is 12.7 Å². The molecule has 0 spiro atoms. The molecule has 21 heavy (non-hydrogen) atoms. The van der Waals surface area contributed by atoms with Crippen LogP contribution in [-0.2, 0) is 10.0 Å². The highest BCUT2D eigenvalue weighted by atomic mass is 32.2. The minimum atomic E-state index is -3.70. The number of nitrogen functional groups attached to an aromatic ring is 1. The zero-order valence-electron chi connectivity index (χ0n) is 12.6. The molecule has 6 heteroatoms. The third-order valence-corrected chi connectivity index (χ3v) is 6.18. The van der Waals surface area contributed by atoms with Gasteiger partial charge in [0.1, 0.15) is 5.82 Å². The van der Waals surface area contributed by atoms with E-state index in [9.17, 15) is 12.8 Å².